The number of nitrogens with zero attached hydrogens (tertiary/aromatic N) is 6. The van der Waals surface area contributed by atoms with Crippen LogP contribution in [0, 0.1) is 5.92 Å². The number of hydrogen-bond donors (Lipinski definition) is 0. The molecule has 1 fully saturated rings. The molecular formula is C29H35ClF6N6. The Morgan fingerprint density at radius 1 is 0.833 bits per heavy atom. The van der Waals surface area contributed by atoms with Gasteiger partial charge in [-0.3, -0.25) is 0 Å². The Morgan fingerprint density at radius 2 is 1.45 bits per heavy atom. The molecule has 0 unspecified atom stereocenters. The van der Waals surface area contributed by atoms with Gasteiger partial charge in [-0.25, -0.2) is 0 Å². The maximum Gasteiger partial charge on any atom is 0.416 e. The molecule has 230 valence electrons. The smallest absolute Gasteiger partial charge is 0.371 e. The highest BCUT2D eigenvalue weighted by Crippen LogP contribution is 2.38. The predicted octanol–water partition coefficient (Wildman–Crippen LogP) is 7.38. The molecular weight excluding hydrogens is 582 g/mol. The summed E-state index contributed by atoms with van der Waals surface area (Å²) in [4.78, 5) is 5.18. The third-order valence-corrected chi connectivity index (χ3v) is 8.13. The molecule has 1 aromatic heterocycles. The quantitative estimate of drug-likeness (QED) is 0.235. The molecule has 13 heteroatoms. The van der Waals surface area contributed by atoms with Crippen molar-refractivity contribution in [1.82, 2.24) is 20.2 Å². The lowest BCUT2D eigenvalue weighted by atomic mass is 10.0. The molecule has 2 aliphatic carbocycles. The van der Waals surface area contributed by atoms with Crippen molar-refractivity contribution in [2.75, 3.05) is 22.9 Å². The van der Waals surface area contributed by atoms with Crippen LogP contribution in [0.5, 0.6) is 0 Å². The summed E-state index contributed by atoms with van der Waals surface area (Å²) in [5.74, 6) is 0.725. The van der Waals surface area contributed by atoms with Crippen LogP contribution in [0.2, 0.25) is 0 Å². The van der Waals surface area contributed by atoms with Crippen LogP contribution in [0.3, 0.4) is 0 Å². The summed E-state index contributed by atoms with van der Waals surface area (Å²) in [5, 5.41) is 12.2. The van der Waals surface area contributed by atoms with E-state index >= 15 is 0 Å². The zero-order chi connectivity index (χ0) is 29.4. The van der Waals surface area contributed by atoms with Crippen LogP contribution in [-0.4, -0.2) is 33.3 Å². The average molecular weight is 617 g/mol. The third-order valence-electron chi connectivity index (χ3n) is 8.13. The monoisotopic (exact) mass is 616 g/mol. The highest BCUT2D eigenvalue weighted by molar-refractivity contribution is 5.85. The Morgan fingerprint density at radius 3 is 2.00 bits per heavy atom. The molecule has 1 saturated carbocycles. The summed E-state index contributed by atoms with van der Waals surface area (Å²) in [5.41, 5.74) is 1.69. The maximum absolute atomic E-state index is 13.6. The first-order valence-corrected chi connectivity index (χ1v) is 14.1. The number of fused-ring (bicyclic) bond motifs is 1. The Labute approximate surface area is 247 Å². The molecule has 6 nitrogen and oxygen atoms in total. The molecule has 42 heavy (non-hydrogen) atoms. The molecule has 0 aliphatic heterocycles. The van der Waals surface area contributed by atoms with E-state index in [9.17, 15) is 26.3 Å². The molecule has 2 aliphatic rings. The predicted molar refractivity (Wildman–Crippen MR) is 151 cm³/mol. The fraction of sp³-hybridized carbons (Fsp3) is 0.552. The minimum absolute atomic E-state index is 0. The average Bonchev–Trinajstić information content (AvgIpc) is 3.67. The van der Waals surface area contributed by atoms with E-state index in [0.29, 0.717) is 5.92 Å². The van der Waals surface area contributed by atoms with Crippen LogP contribution in [-0.2, 0) is 45.3 Å². The Kier molecular flexibility index (Phi) is 9.64. The van der Waals surface area contributed by atoms with E-state index in [1.165, 1.54) is 41.6 Å². The van der Waals surface area contributed by atoms with Crippen molar-refractivity contribution in [3.05, 3.63) is 63.7 Å². The first kappa shape index (κ1) is 31.9. The molecule has 0 bridgehead atoms. The SMILES string of the molecule is CCN(CC1CCCC1)c1cc2c(cc1CN(Cc1cc(C(F)(F)F)cc(C(F)(F)F)c1)c1nnn(C)n1)CCC2.Cl. The van der Waals surface area contributed by atoms with Gasteiger partial charge in [-0.05, 0) is 96.7 Å². The molecule has 0 amide bonds. The lowest BCUT2D eigenvalue weighted by molar-refractivity contribution is -0.143. The molecule has 0 saturated heterocycles. The largest absolute Gasteiger partial charge is 0.416 e. The van der Waals surface area contributed by atoms with Crippen LogP contribution in [0.1, 0.15) is 72.4 Å². The number of alkyl halides is 6. The van der Waals surface area contributed by atoms with E-state index in [1.54, 1.807) is 11.9 Å². The Balaban J connectivity index is 0.00000405. The molecule has 1 heterocycles. The molecule has 0 radical (unpaired) electrons. The van der Waals surface area contributed by atoms with Crippen molar-refractivity contribution in [3.63, 3.8) is 0 Å². The van der Waals surface area contributed by atoms with Gasteiger partial charge < -0.3 is 9.80 Å². The zero-order valence-electron chi connectivity index (χ0n) is 23.6. The lowest BCUT2D eigenvalue weighted by Crippen LogP contribution is -2.31. The van der Waals surface area contributed by atoms with Crippen LogP contribution < -0.4 is 9.80 Å². The zero-order valence-corrected chi connectivity index (χ0v) is 24.4. The van der Waals surface area contributed by atoms with E-state index in [2.05, 4.69) is 39.4 Å². The van der Waals surface area contributed by atoms with Crippen molar-refractivity contribution in [2.24, 2.45) is 13.0 Å². The van der Waals surface area contributed by atoms with E-state index in [-0.39, 0.29) is 43.1 Å². The Hall–Kier alpha value is -3.02. The third kappa shape index (κ3) is 7.30. The lowest BCUT2D eigenvalue weighted by Gasteiger charge is -2.31. The van der Waals surface area contributed by atoms with Gasteiger partial charge in [0, 0.05) is 31.9 Å². The summed E-state index contributed by atoms with van der Waals surface area (Å²) in [7, 11) is 1.56. The number of rotatable bonds is 9. The molecule has 0 spiro atoms. The van der Waals surface area contributed by atoms with Crippen molar-refractivity contribution >= 4 is 24.0 Å². The number of aryl methyl sites for hydroxylation is 3. The minimum atomic E-state index is -4.93. The first-order chi connectivity index (χ1) is 19.4. The van der Waals surface area contributed by atoms with Gasteiger partial charge in [0.1, 0.15) is 0 Å². The summed E-state index contributed by atoms with van der Waals surface area (Å²) in [6.07, 6.45) is -2.07. The van der Waals surface area contributed by atoms with Crippen molar-refractivity contribution in [2.45, 2.75) is 77.3 Å². The summed E-state index contributed by atoms with van der Waals surface area (Å²) in [6.45, 7) is 3.74. The van der Waals surface area contributed by atoms with E-state index in [0.717, 1.165) is 55.7 Å². The summed E-state index contributed by atoms with van der Waals surface area (Å²) >= 11 is 0. The van der Waals surface area contributed by atoms with Gasteiger partial charge >= 0.3 is 12.4 Å². The number of anilines is 2. The first-order valence-electron chi connectivity index (χ1n) is 14.1. The van der Waals surface area contributed by atoms with Gasteiger partial charge in [0.25, 0.3) is 5.95 Å². The molecule has 5 rings (SSSR count). The van der Waals surface area contributed by atoms with Gasteiger partial charge in [0.15, 0.2) is 0 Å². The number of hydrogen-bond acceptors (Lipinski definition) is 5. The fourth-order valence-electron chi connectivity index (χ4n) is 6.12. The number of benzene rings is 2. The van der Waals surface area contributed by atoms with Gasteiger partial charge in [-0.1, -0.05) is 24.0 Å². The minimum Gasteiger partial charge on any atom is -0.371 e. The number of aromatic nitrogens is 4. The topological polar surface area (TPSA) is 50.1 Å². The second kappa shape index (κ2) is 12.7. The fourth-order valence-corrected chi connectivity index (χ4v) is 6.12. The van der Waals surface area contributed by atoms with Gasteiger partial charge in [0.05, 0.1) is 18.2 Å². The molecule has 0 atom stereocenters. The van der Waals surface area contributed by atoms with Crippen LogP contribution in [0.15, 0.2) is 30.3 Å². The van der Waals surface area contributed by atoms with Gasteiger partial charge in [-0.2, -0.15) is 31.1 Å². The van der Waals surface area contributed by atoms with Crippen LogP contribution in [0.4, 0.5) is 38.0 Å². The number of halogens is 7. The molecule has 0 N–H and O–H groups in total. The van der Waals surface area contributed by atoms with Crippen molar-refractivity contribution < 1.29 is 26.3 Å². The molecule has 3 aromatic rings. The van der Waals surface area contributed by atoms with Crippen molar-refractivity contribution in [1.29, 1.82) is 0 Å². The Bertz CT molecular complexity index is 1330. The van der Waals surface area contributed by atoms with E-state index in [1.807, 2.05) is 0 Å². The summed E-state index contributed by atoms with van der Waals surface area (Å²) < 4.78 is 81.6. The van der Waals surface area contributed by atoms with Gasteiger partial charge in [0.2, 0.25) is 0 Å². The van der Waals surface area contributed by atoms with Crippen LogP contribution in [0.25, 0.3) is 0 Å². The highest BCUT2D eigenvalue weighted by Gasteiger charge is 2.37. The second-order valence-electron chi connectivity index (χ2n) is 11.1. The van der Waals surface area contributed by atoms with Gasteiger partial charge in [-0.15, -0.1) is 17.5 Å². The summed E-state index contributed by atoms with van der Waals surface area (Å²) in [6, 6.07) is 6.05. The standard InChI is InChI=1S/C29H34F6N6.ClH/c1-3-40(16-19-7-4-5-8-19)26-14-22-10-6-9-21(22)13-23(26)18-41(27-36-38-39(2)37-27)17-20-11-24(28(30,31)32)15-25(12-20)29(33,34)35;/h11-15,19H,3-10,16-18H2,1-2H3;1H. The highest BCUT2D eigenvalue weighted by atomic mass is 35.5. The van der Waals surface area contributed by atoms with Crippen LogP contribution >= 0.6 is 12.4 Å². The second-order valence-corrected chi connectivity index (χ2v) is 11.1. The maximum atomic E-state index is 13.6. The normalized spacial score (nSPS) is 15.5. The van der Waals surface area contributed by atoms with E-state index < -0.39 is 23.5 Å². The number of tetrazole rings is 1. The van der Waals surface area contributed by atoms with Crippen molar-refractivity contribution in [3.8, 4) is 0 Å². The van der Waals surface area contributed by atoms with E-state index in [4.69, 9.17) is 0 Å². The molecule has 2 aromatic carbocycles.